The first-order chi connectivity index (χ1) is 13.1. The first-order valence-corrected chi connectivity index (χ1v) is 8.80. The molecular formula is C20H27F3N2O3. The Morgan fingerprint density at radius 1 is 1.32 bits per heavy atom. The van der Waals surface area contributed by atoms with E-state index in [4.69, 9.17) is 9.47 Å². The fourth-order valence-corrected chi connectivity index (χ4v) is 2.40. The summed E-state index contributed by atoms with van der Waals surface area (Å²) >= 11 is 0. The van der Waals surface area contributed by atoms with Gasteiger partial charge in [0.05, 0.1) is 25.7 Å². The van der Waals surface area contributed by atoms with Gasteiger partial charge in [-0.05, 0) is 32.4 Å². The number of rotatable bonds is 9. The molecule has 8 heteroatoms. The van der Waals surface area contributed by atoms with Gasteiger partial charge in [-0.15, -0.1) is 5.92 Å². The van der Waals surface area contributed by atoms with Crippen LogP contribution in [0.2, 0.25) is 0 Å². The predicted octanol–water partition coefficient (Wildman–Crippen LogP) is 3.80. The summed E-state index contributed by atoms with van der Waals surface area (Å²) in [7, 11) is 3.08. The number of benzene rings is 1. The Bertz CT molecular complexity index is 739. The quantitative estimate of drug-likeness (QED) is 0.297. The average molecular weight is 400 g/mol. The third-order valence-electron chi connectivity index (χ3n) is 4.28. The molecule has 1 N–H and O–H groups in total. The summed E-state index contributed by atoms with van der Waals surface area (Å²) in [5.74, 6) is 5.09. The van der Waals surface area contributed by atoms with E-state index in [1.807, 2.05) is 18.9 Å². The van der Waals surface area contributed by atoms with Crippen molar-refractivity contribution in [2.75, 3.05) is 33.9 Å². The van der Waals surface area contributed by atoms with Gasteiger partial charge < -0.3 is 19.5 Å². The average Bonchev–Trinajstić information content (AvgIpc) is 2.65. The lowest BCUT2D eigenvalue weighted by molar-refractivity contribution is -0.272. The zero-order valence-electron chi connectivity index (χ0n) is 16.9. The van der Waals surface area contributed by atoms with Crippen LogP contribution in [0.5, 0.6) is 5.75 Å². The van der Waals surface area contributed by atoms with Crippen LogP contribution in [0.4, 0.5) is 18.9 Å². The molecule has 0 aliphatic rings. The van der Waals surface area contributed by atoms with E-state index in [2.05, 4.69) is 16.8 Å². The molecule has 1 rings (SSSR count). The van der Waals surface area contributed by atoms with Gasteiger partial charge >= 0.3 is 6.18 Å². The number of ether oxygens (including phenoxy) is 2. The molecule has 0 amide bonds. The summed E-state index contributed by atoms with van der Waals surface area (Å²) in [5.41, 5.74) is -2.55. The first kappa shape index (κ1) is 23.8. The van der Waals surface area contributed by atoms with Gasteiger partial charge in [0.15, 0.2) is 5.60 Å². The number of aliphatic imine (C=N–C) groups is 1. The van der Waals surface area contributed by atoms with Crippen molar-refractivity contribution in [3.05, 3.63) is 23.3 Å². The summed E-state index contributed by atoms with van der Waals surface area (Å²) in [4.78, 5) is 6.11. The van der Waals surface area contributed by atoms with Gasteiger partial charge in [0.1, 0.15) is 12.4 Å². The molecule has 0 heterocycles. The zero-order valence-corrected chi connectivity index (χ0v) is 16.9. The number of hydrogen-bond donors (Lipinski definition) is 1. The molecule has 0 saturated carbocycles. The van der Waals surface area contributed by atoms with Crippen molar-refractivity contribution in [1.29, 1.82) is 0 Å². The summed E-state index contributed by atoms with van der Waals surface area (Å²) < 4.78 is 51.6. The molecule has 0 saturated heterocycles. The van der Waals surface area contributed by atoms with Crippen LogP contribution < -0.4 is 4.74 Å². The van der Waals surface area contributed by atoms with Crippen LogP contribution in [0.3, 0.4) is 0 Å². The van der Waals surface area contributed by atoms with Crippen molar-refractivity contribution >= 4 is 12.0 Å². The Morgan fingerprint density at radius 2 is 2.00 bits per heavy atom. The van der Waals surface area contributed by atoms with Crippen LogP contribution in [-0.4, -0.2) is 56.4 Å². The number of aliphatic hydroxyl groups is 1. The standard InChI is InChI=1S/C20H27F3N2O3/c1-6-8-10-28-11-9-19(26,20(21,22)23)16-12-15(3)17(13-18(16)27-5)24-14-25(4)7-2/h12-14,26H,7,9-11H2,1-5H3/b24-14+. The van der Waals surface area contributed by atoms with Gasteiger partial charge in [-0.3, -0.25) is 0 Å². The Hall–Kier alpha value is -2.24. The topological polar surface area (TPSA) is 54.3 Å². The predicted molar refractivity (Wildman–Crippen MR) is 103 cm³/mol. The molecule has 5 nitrogen and oxygen atoms in total. The SMILES string of the molecule is CC#CCOCCC(O)(c1cc(C)c(/N=C/N(C)CC)cc1OC)C(F)(F)F. The molecule has 1 unspecified atom stereocenters. The molecule has 1 atom stereocenters. The summed E-state index contributed by atoms with van der Waals surface area (Å²) in [6.45, 7) is 5.60. The van der Waals surface area contributed by atoms with Gasteiger partial charge in [0, 0.05) is 31.6 Å². The normalized spacial score (nSPS) is 13.8. The van der Waals surface area contributed by atoms with Gasteiger partial charge in [-0.25, -0.2) is 4.99 Å². The zero-order chi connectivity index (χ0) is 21.4. The molecule has 0 radical (unpaired) electrons. The van der Waals surface area contributed by atoms with E-state index < -0.39 is 18.2 Å². The minimum Gasteiger partial charge on any atom is -0.496 e. The maximum atomic E-state index is 13.8. The van der Waals surface area contributed by atoms with E-state index in [9.17, 15) is 18.3 Å². The molecule has 0 fully saturated rings. The molecule has 0 bridgehead atoms. The largest absolute Gasteiger partial charge is 0.496 e. The first-order valence-electron chi connectivity index (χ1n) is 8.80. The van der Waals surface area contributed by atoms with Crippen molar-refractivity contribution in [2.45, 2.75) is 39.0 Å². The number of hydrogen-bond acceptors (Lipinski definition) is 4. The molecule has 156 valence electrons. The Kier molecular flexibility index (Phi) is 8.79. The number of halogens is 3. The molecule has 28 heavy (non-hydrogen) atoms. The number of aryl methyl sites for hydroxylation is 1. The van der Waals surface area contributed by atoms with Crippen molar-refractivity contribution in [3.63, 3.8) is 0 Å². The Morgan fingerprint density at radius 3 is 2.54 bits per heavy atom. The van der Waals surface area contributed by atoms with E-state index in [0.717, 1.165) is 6.54 Å². The van der Waals surface area contributed by atoms with E-state index >= 15 is 0 Å². The highest BCUT2D eigenvalue weighted by atomic mass is 19.4. The Balaban J connectivity index is 3.30. The summed E-state index contributed by atoms with van der Waals surface area (Å²) in [6.07, 6.45) is -4.02. The second-order valence-corrected chi connectivity index (χ2v) is 6.24. The minimum absolute atomic E-state index is 0.000795. The van der Waals surface area contributed by atoms with Crippen LogP contribution in [0, 0.1) is 18.8 Å². The molecule has 1 aromatic rings. The van der Waals surface area contributed by atoms with E-state index in [0.29, 0.717) is 11.3 Å². The highest BCUT2D eigenvalue weighted by molar-refractivity contribution is 5.65. The maximum absolute atomic E-state index is 13.8. The Labute approximate surface area is 164 Å². The maximum Gasteiger partial charge on any atom is 0.421 e. The number of alkyl halides is 3. The highest BCUT2D eigenvalue weighted by Crippen LogP contribution is 2.46. The second-order valence-electron chi connectivity index (χ2n) is 6.24. The molecule has 0 aliphatic heterocycles. The van der Waals surface area contributed by atoms with Gasteiger partial charge in [0.25, 0.3) is 0 Å². The van der Waals surface area contributed by atoms with E-state index in [1.54, 1.807) is 20.2 Å². The number of methoxy groups -OCH3 is 1. The summed E-state index contributed by atoms with van der Waals surface area (Å²) in [6, 6.07) is 2.65. The van der Waals surface area contributed by atoms with Gasteiger partial charge in [-0.2, -0.15) is 13.2 Å². The van der Waals surface area contributed by atoms with Crippen molar-refractivity contribution in [2.24, 2.45) is 4.99 Å². The van der Waals surface area contributed by atoms with Crippen molar-refractivity contribution < 1.29 is 27.8 Å². The lowest BCUT2D eigenvalue weighted by Crippen LogP contribution is -2.43. The van der Waals surface area contributed by atoms with Gasteiger partial charge in [-0.1, -0.05) is 5.92 Å². The summed E-state index contributed by atoms with van der Waals surface area (Å²) in [5, 5.41) is 10.6. The van der Waals surface area contributed by atoms with E-state index in [-0.39, 0.29) is 24.5 Å². The van der Waals surface area contributed by atoms with Crippen LogP contribution in [0.1, 0.15) is 31.4 Å². The number of nitrogens with zero attached hydrogens (tertiary/aromatic N) is 2. The molecule has 0 aromatic heterocycles. The lowest BCUT2D eigenvalue weighted by Gasteiger charge is -2.32. The van der Waals surface area contributed by atoms with Crippen LogP contribution >= 0.6 is 0 Å². The van der Waals surface area contributed by atoms with E-state index in [1.165, 1.54) is 19.2 Å². The molecule has 0 spiro atoms. The van der Waals surface area contributed by atoms with Crippen LogP contribution in [-0.2, 0) is 10.3 Å². The lowest BCUT2D eigenvalue weighted by atomic mass is 9.87. The van der Waals surface area contributed by atoms with Crippen LogP contribution in [0.25, 0.3) is 0 Å². The third kappa shape index (κ3) is 5.88. The van der Waals surface area contributed by atoms with Crippen LogP contribution in [0.15, 0.2) is 17.1 Å². The smallest absolute Gasteiger partial charge is 0.421 e. The van der Waals surface area contributed by atoms with Gasteiger partial charge in [0.2, 0.25) is 0 Å². The fourth-order valence-electron chi connectivity index (χ4n) is 2.40. The second kappa shape index (κ2) is 10.3. The molecule has 1 aromatic carbocycles. The fraction of sp³-hybridized carbons (Fsp3) is 0.550. The van der Waals surface area contributed by atoms with Crippen molar-refractivity contribution in [1.82, 2.24) is 4.90 Å². The monoisotopic (exact) mass is 400 g/mol. The minimum atomic E-state index is -4.92. The van der Waals surface area contributed by atoms with Crippen molar-refractivity contribution in [3.8, 4) is 17.6 Å². The molecular weight excluding hydrogens is 373 g/mol. The molecule has 0 aliphatic carbocycles. The highest BCUT2D eigenvalue weighted by Gasteiger charge is 2.56. The third-order valence-corrected chi connectivity index (χ3v) is 4.28.